The summed E-state index contributed by atoms with van der Waals surface area (Å²) in [5.74, 6) is 0.972. The minimum atomic E-state index is -3.27. The van der Waals surface area contributed by atoms with Gasteiger partial charge in [0.05, 0.1) is 12.4 Å². The molecule has 1 saturated carbocycles. The highest BCUT2D eigenvalue weighted by Crippen LogP contribution is 2.25. The van der Waals surface area contributed by atoms with Gasteiger partial charge in [0, 0.05) is 32.6 Å². The molecule has 4 N–H and O–H groups in total. The van der Waals surface area contributed by atoms with Gasteiger partial charge in [-0.25, -0.2) is 13.1 Å². The summed E-state index contributed by atoms with van der Waals surface area (Å²) in [6.45, 7) is 1.35. The van der Waals surface area contributed by atoms with Gasteiger partial charge in [0.1, 0.15) is 0 Å². The molecule has 0 amide bonds. The van der Waals surface area contributed by atoms with Gasteiger partial charge in [-0.05, 0) is 24.3 Å². The molecule has 0 heterocycles. The summed E-state index contributed by atoms with van der Waals surface area (Å²) < 4.78 is 26.7. The molecule has 0 radical (unpaired) electrons. The first kappa shape index (κ1) is 20.7. The van der Waals surface area contributed by atoms with Gasteiger partial charge < -0.3 is 15.7 Å². The van der Waals surface area contributed by atoms with Crippen LogP contribution in [-0.2, 0) is 10.0 Å². The lowest BCUT2D eigenvalue weighted by atomic mass is 9.86. The van der Waals surface area contributed by atoms with E-state index in [0.29, 0.717) is 25.0 Å². The van der Waals surface area contributed by atoms with Gasteiger partial charge in [-0.2, -0.15) is 0 Å². The number of rotatable bonds is 10. The third kappa shape index (κ3) is 6.93. The van der Waals surface area contributed by atoms with Gasteiger partial charge in [-0.3, -0.25) is 4.99 Å². The largest absolute Gasteiger partial charge is 0.396 e. The fourth-order valence-electron chi connectivity index (χ4n) is 2.77. The Hall–Kier alpha value is -1.64. The van der Waals surface area contributed by atoms with E-state index in [1.165, 1.54) is 6.42 Å². The van der Waals surface area contributed by atoms with Crippen LogP contribution >= 0.6 is 0 Å². The molecule has 1 fully saturated rings. The van der Waals surface area contributed by atoms with Crippen molar-refractivity contribution in [2.24, 2.45) is 10.9 Å². The monoisotopic (exact) mass is 382 g/mol. The van der Waals surface area contributed by atoms with Crippen LogP contribution in [0.5, 0.6) is 0 Å². The lowest BCUT2D eigenvalue weighted by Gasteiger charge is -2.25. The first-order valence-electron chi connectivity index (χ1n) is 9.11. The van der Waals surface area contributed by atoms with Gasteiger partial charge in [0.15, 0.2) is 5.96 Å². The minimum Gasteiger partial charge on any atom is -0.396 e. The van der Waals surface area contributed by atoms with Crippen molar-refractivity contribution in [3.05, 3.63) is 35.9 Å². The van der Waals surface area contributed by atoms with Crippen LogP contribution in [0.25, 0.3) is 0 Å². The number of aliphatic hydroxyl groups is 1. The van der Waals surface area contributed by atoms with Gasteiger partial charge in [0.2, 0.25) is 10.0 Å². The molecule has 8 heteroatoms. The molecule has 0 saturated heterocycles. The fourth-order valence-corrected chi connectivity index (χ4v) is 3.78. The van der Waals surface area contributed by atoms with Crippen molar-refractivity contribution in [3.8, 4) is 0 Å². The number of hydrogen-bond acceptors (Lipinski definition) is 4. The molecule has 1 aromatic rings. The third-order valence-corrected chi connectivity index (χ3v) is 6.06. The fraction of sp³-hybridized carbons (Fsp3) is 0.611. The Balaban J connectivity index is 1.71. The van der Waals surface area contributed by atoms with E-state index in [1.54, 1.807) is 7.05 Å². The average molecular weight is 383 g/mol. The van der Waals surface area contributed by atoms with Crippen LogP contribution in [0.1, 0.15) is 30.7 Å². The van der Waals surface area contributed by atoms with Crippen LogP contribution in [0.15, 0.2) is 35.3 Å². The lowest BCUT2D eigenvalue weighted by Crippen LogP contribution is -2.43. The number of aliphatic hydroxyl groups excluding tert-OH is 1. The molecule has 0 bridgehead atoms. The summed E-state index contributed by atoms with van der Waals surface area (Å²) in [6.07, 6.45) is 3.43. The van der Waals surface area contributed by atoms with Gasteiger partial charge in [-0.15, -0.1) is 0 Å². The minimum absolute atomic E-state index is 0.00251. The number of nitrogens with zero attached hydrogens (tertiary/aromatic N) is 1. The maximum absolute atomic E-state index is 12.0. The van der Waals surface area contributed by atoms with E-state index in [1.807, 2.05) is 30.3 Å². The number of guanidine groups is 1. The number of hydrogen-bond donors (Lipinski definition) is 4. The van der Waals surface area contributed by atoms with Crippen LogP contribution in [0.2, 0.25) is 0 Å². The second-order valence-corrected chi connectivity index (χ2v) is 8.56. The van der Waals surface area contributed by atoms with Crippen molar-refractivity contribution in [2.45, 2.75) is 25.2 Å². The molecule has 0 aliphatic heterocycles. The van der Waals surface area contributed by atoms with Crippen molar-refractivity contribution >= 4 is 16.0 Å². The lowest BCUT2D eigenvalue weighted by molar-refractivity contribution is 0.265. The van der Waals surface area contributed by atoms with E-state index in [0.717, 1.165) is 18.4 Å². The standard InChI is InChI=1S/C18H30N4O3S/c1-19-18(21-13-17(14-23)16-8-3-2-4-9-16)20-10-11-26(24,25)22-12-15-6-5-7-15/h2-4,8-9,15,17,22-23H,5-7,10-14H2,1H3,(H2,19,20,21). The quantitative estimate of drug-likeness (QED) is 0.351. The predicted molar refractivity (Wildman–Crippen MR) is 105 cm³/mol. The second kappa shape index (κ2) is 10.5. The molecular formula is C18H30N4O3S. The van der Waals surface area contributed by atoms with Crippen LogP contribution in [0, 0.1) is 5.92 Å². The Labute approximate surface area is 156 Å². The summed E-state index contributed by atoms with van der Waals surface area (Å²) in [4.78, 5) is 4.10. The number of aliphatic imine (C=N–C) groups is 1. The highest BCUT2D eigenvalue weighted by atomic mass is 32.2. The number of sulfonamides is 1. The molecule has 0 aromatic heterocycles. The van der Waals surface area contributed by atoms with Gasteiger partial charge >= 0.3 is 0 Å². The van der Waals surface area contributed by atoms with Crippen molar-refractivity contribution in [1.29, 1.82) is 0 Å². The van der Waals surface area contributed by atoms with E-state index in [9.17, 15) is 13.5 Å². The Kier molecular flexibility index (Phi) is 8.34. The average Bonchev–Trinajstić information content (AvgIpc) is 2.60. The first-order valence-corrected chi connectivity index (χ1v) is 10.8. The van der Waals surface area contributed by atoms with Crippen molar-refractivity contribution in [3.63, 3.8) is 0 Å². The second-order valence-electron chi connectivity index (χ2n) is 6.63. The molecule has 1 atom stereocenters. The van der Waals surface area contributed by atoms with E-state index in [4.69, 9.17) is 0 Å². The van der Waals surface area contributed by atoms with Crippen LogP contribution in [0.3, 0.4) is 0 Å². The normalized spacial score (nSPS) is 16.8. The van der Waals surface area contributed by atoms with E-state index < -0.39 is 10.0 Å². The number of nitrogens with one attached hydrogen (secondary N) is 3. The van der Waals surface area contributed by atoms with Crippen LogP contribution in [-0.4, -0.2) is 58.5 Å². The van der Waals surface area contributed by atoms with Crippen molar-refractivity contribution in [1.82, 2.24) is 15.4 Å². The maximum atomic E-state index is 12.0. The zero-order valence-corrected chi connectivity index (χ0v) is 16.1. The topological polar surface area (TPSA) is 103 Å². The number of benzene rings is 1. The molecule has 1 aromatic carbocycles. The molecule has 2 rings (SSSR count). The molecule has 0 spiro atoms. The summed E-state index contributed by atoms with van der Waals surface area (Å²) in [5, 5.41) is 15.7. The molecule has 26 heavy (non-hydrogen) atoms. The summed E-state index contributed by atoms with van der Waals surface area (Å²) in [7, 11) is -1.64. The smallest absolute Gasteiger partial charge is 0.213 e. The van der Waals surface area contributed by atoms with Crippen LogP contribution in [0.4, 0.5) is 0 Å². The van der Waals surface area contributed by atoms with E-state index in [-0.39, 0.29) is 24.8 Å². The molecule has 1 aliphatic carbocycles. The Morgan fingerprint density at radius 3 is 2.58 bits per heavy atom. The summed E-state index contributed by atoms with van der Waals surface area (Å²) in [6, 6.07) is 9.75. The van der Waals surface area contributed by atoms with Gasteiger partial charge in [0.25, 0.3) is 0 Å². The summed E-state index contributed by atoms with van der Waals surface area (Å²) in [5.41, 5.74) is 1.04. The first-order chi connectivity index (χ1) is 12.5. The highest BCUT2D eigenvalue weighted by molar-refractivity contribution is 7.89. The Morgan fingerprint density at radius 1 is 1.27 bits per heavy atom. The maximum Gasteiger partial charge on any atom is 0.213 e. The van der Waals surface area contributed by atoms with E-state index in [2.05, 4.69) is 20.3 Å². The zero-order chi connectivity index (χ0) is 18.8. The molecule has 7 nitrogen and oxygen atoms in total. The van der Waals surface area contributed by atoms with E-state index >= 15 is 0 Å². The third-order valence-electron chi connectivity index (χ3n) is 4.71. The van der Waals surface area contributed by atoms with Gasteiger partial charge in [-0.1, -0.05) is 36.8 Å². The highest BCUT2D eigenvalue weighted by Gasteiger charge is 2.20. The predicted octanol–water partition coefficient (Wildman–Crippen LogP) is 0.647. The molecule has 1 unspecified atom stereocenters. The van der Waals surface area contributed by atoms with Crippen LogP contribution < -0.4 is 15.4 Å². The molecular weight excluding hydrogens is 352 g/mol. The van der Waals surface area contributed by atoms with Crippen molar-refractivity contribution < 1.29 is 13.5 Å². The summed E-state index contributed by atoms with van der Waals surface area (Å²) >= 11 is 0. The van der Waals surface area contributed by atoms with Crippen molar-refractivity contribution in [2.75, 3.05) is 39.0 Å². The zero-order valence-electron chi connectivity index (χ0n) is 15.3. The molecule has 1 aliphatic rings. The Bertz CT molecular complexity index is 660. The molecule has 146 valence electrons. The SMILES string of the molecule is CN=C(NCCS(=O)(=O)NCC1CCC1)NCC(CO)c1ccccc1. The Morgan fingerprint density at radius 2 is 2.00 bits per heavy atom.